The number of unbranched alkanes of at least 4 members (excludes halogenated alkanes) is 7. The maximum atomic E-state index is 12.7. The molecule has 1 aromatic carbocycles. The molecule has 0 spiro atoms. The molecule has 1 heterocycles. The van der Waals surface area contributed by atoms with Crippen LogP contribution in [0.4, 0.5) is 0 Å². The lowest BCUT2D eigenvalue weighted by molar-refractivity contribution is -0.152. The van der Waals surface area contributed by atoms with Gasteiger partial charge in [-0.3, -0.25) is 14.4 Å². The van der Waals surface area contributed by atoms with Crippen molar-refractivity contribution in [3.63, 3.8) is 0 Å². The van der Waals surface area contributed by atoms with Gasteiger partial charge >= 0.3 is 5.97 Å². The predicted octanol–water partition coefficient (Wildman–Crippen LogP) is 4.12. The van der Waals surface area contributed by atoms with Crippen LogP contribution in [0, 0.1) is 0 Å². The largest absolute Gasteiger partial charge is 0.482 e. The van der Waals surface area contributed by atoms with Gasteiger partial charge in [-0.05, 0) is 18.6 Å². The Kier molecular flexibility index (Phi) is 11.9. The van der Waals surface area contributed by atoms with Crippen LogP contribution >= 0.6 is 11.6 Å². The quantitative estimate of drug-likeness (QED) is 0.329. The Bertz CT molecular complexity index is 743. The van der Waals surface area contributed by atoms with Crippen molar-refractivity contribution in [2.24, 2.45) is 0 Å². The van der Waals surface area contributed by atoms with Crippen molar-refractivity contribution < 1.29 is 23.9 Å². The zero-order valence-electron chi connectivity index (χ0n) is 18.9. The Hall–Kier alpha value is -2.28. The highest BCUT2D eigenvalue weighted by Crippen LogP contribution is 2.23. The van der Waals surface area contributed by atoms with Gasteiger partial charge in [-0.1, -0.05) is 75.6 Å². The van der Waals surface area contributed by atoms with E-state index in [0.29, 0.717) is 30.5 Å². The molecule has 0 bridgehead atoms. The number of nitrogens with one attached hydrogen (secondary N) is 1. The molecule has 0 aromatic heterocycles. The van der Waals surface area contributed by atoms with Gasteiger partial charge < -0.3 is 19.7 Å². The van der Waals surface area contributed by atoms with E-state index in [1.807, 2.05) is 0 Å². The number of esters is 1. The van der Waals surface area contributed by atoms with Crippen LogP contribution in [0.15, 0.2) is 24.3 Å². The van der Waals surface area contributed by atoms with Gasteiger partial charge in [0, 0.05) is 13.1 Å². The van der Waals surface area contributed by atoms with Crippen molar-refractivity contribution in [3.05, 3.63) is 29.3 Å². The lowest BCUT2D eigenvalue weighted by Gasteiger charge is -2.34. The van der Waals surface area contributed by atoms with E-state index in [4.69, 9.17) is 21.1 Å². The molecule has 0 saturated carbocycles. The van der Waals surface area contributed by atoms with E-state index in [2.05, 4.69) is 12.2 Å². The van der Waals surface area contributed by atoms with Crippen molar-refractivity contribution in [2.75, 3.05) is 26.3 Å². The minimum atomic E-state index is -0.892. The number of rotatable bonds is 14. The van der Waals surface area contributed by atoms with Gasteiger partial charge in [0.2, 0.25) is 5.91 Å². The van der Waals surface area contributed by atoms with Crippen LogP contribution < -0.4 is 10.1 Å². The van der Waals surface area contributed by atoms with Crippen LogP contribution in [0.5, 0.6) is 5.75 Å². The molecule has 7 nitrogen and oxygen atoms in total. The summed E-state index contributed by atoms with van der Waals surface area (Å²) in [5.74, 6) is -0.808. The van der Waals surface area contributed by atoms with Crippen molar-refractivity contribution in [3.8, 4) is 5.75 Å². The van der Waals surface area contributed by atoms with Crippen LogP contribution in [0.25, 0.3) is 0 Å². The normalized spacial score (nSPS) is 15.9. The molecule has 1 fully saturated rings. The van der Waals surface area contributed by atoms with Crippen LogP contribution in [-0.2, 0) is 19.1 Å². The van der Waals surface area contributed by atoms with Crippen LogP contribution in [-0.4, -0.2) is 55.0 Å². The van der Waals surface area contributed by atoms with Crippen molar-refractivity contribution in [2.45, 2.75) is 70.8 Å². The second-order valence-electron chi connectivity index (χ2n) is 8.01. The first-order valence-corrected chi connectivity index (χ1v) is 12.0. The molecular formula is C24H35ClN2O5. The van der Waals surface area contributed by atoms with Gasteiger partial charge in [0.05, 0.1) is 18.1 Å². The average Bonchev–Trinajstić information content (AvgIpc) is 2.78. The summed E-state index contributed by atoms with van der Waals surface area (Å²) in [5.41, 5.74) is 0. The monoisotopic (exact) mass is 466 g/mol. The highest BCUT2D eigenvalue weighted by atomic mass is 35.5. The predicted molar refractivity (Wildman–Crippen MR) is 124 cm³/mol. The SMILES string of the molecule is CCCCCCCCCCOC(=O)CC1C(=O)NCCN1C(=O)COc1ccccc1Cl. The van der Waals surface area contributed by atoms with Crippen molar-refractivity contribution >= 4 is 29.4 Å². The summed E-state index contributed by atoms with van der Waals surface area (Å²) in [4.78, 5) is 38.6. The molecule has 178 valence electrons. The maximum Gasteiger partial charge on any atom is 0.308 e. The summed E-state index contributed by atoms with van der Waals surface area (Å²) in [6, 6.07) is 5.96. The smallest absolute Gasteiger partial charge is 0.308 e. The first kappa shape index (κ1) is 26.0. The molecule has 1 aliphatic heterocycles. The molecule has 2 amide bonds. The van der Waals surface area contributed by atoms with E-state index >= 15 is 0 Å². The number of carbonyl (C=O) groups excluding carboxylic acids is 3. The Morgan fingerprint density at radius 2 is 1.78 bits per heavy atom. The molecule has 1 aromatic rings. The number of ether oxygens (including phenoxy) is 2. The summed E-state index contributed by atoms with van der Waals surface area (Å²) in [5, 5.41) is 3.11. The van der Waals surface area contributed by atoms with Crippen molar-refractivity contribution in [1.82, 2.24) is 10.2 Å². The van der Waals surface area contributed by atoms with Crippen LogP contribution in [0.2, 0.25) is 5.02 Å². The second-order valence-corrected chi connectivity index (χ2v) is 8.42. The third-order valence-electron chi connectivity index (χ3n) is 5.46. The highest BCUT2D eigenvalue weighted by molar-refractivity contribution is 6.32. The van der Waals surface area contributed by atoms with Gasteiger partial charge in [-0.2, -0.15) is 0 Å². The molecule has 2 rings (SSSR count). The van der Waals surface area contributed by atoms with Crippen LogP contribution in [0.3, 0.4) is 0 Å². The standard InChI is InChI=1S/C24H35ClN2O5/c1-2-3-4-5-6-7-8-11-16-31-23(29)17-20-24(30)26-14-15-27(20)22(28)18-32-21-13-10-9-12-19(21)25/h9-10,12-13,20H,2-8,11,14-18H2,1H3,(H,26,30). The average molecular weight is 467 g/mol. The number of amides is 2. The van der Waals surface area contributed by atoms with E-state index in [1.165, 1.54) is 37.0 Å². The van der Waals surface area contributed by atoms with E-state index in [0.717, 1.165) is 19.3 Å². The third kappa shape index (κ3) is 9.07. The van der Waals surface area contributed by atoms with E-state index in [1.54, 1.807) is 24.3 Å². The molecular weight excluding hydrogens is 432 g/mol. The van der Waals surface area contributed by atoms with Gasteiger partial charge in [-0.25, -0.2) is 0 Å². The number of para-hydroxylation sites is 1. The number of nitrogens with zero attached hydrogens (tertiary/aromatic N) is 1. The van der Waals surface area contributed by atoms with Crippen LogP contribution in [0.1, 0.15) is 64.7 Å². The summed E-state index contributed by atoms with van der Waals surface area (Å²) in [6.45, 7) is 2.92. The van der Waals surface area contributed by atoms with Gasteiger partial charge in [0.25, 0.3) is 5.91 Å². The molecule has 1 N–H and O–H groups in total. The summed E-state index contributed by atoms with van der Waals surface area (Å²) in [7, 11) is 0. The van der Waals surface area contributed by atoms with E-state index in [9.17, 15) is 14.4 Å². The topological polar surface area (TPSA) is 84.9 Å². The number of hydrogen-bond acceptors (Lipinski definition) is 5. The van der Waals surface area contributed by atoms with E-state index < -0.39 is 12.0 Å². The lowest BCUT2D eigenvalue weighted by atomic mass is 10.1. The van der Waals surface area contributed by atoms with E-state index in [-0.39, 0.29) is 24.8 Å². The fourth-order valence-electron chi connectivity index (χ4n) is 3.64. The fourth-order valence-corrected chi connectivity index (χ4v) is 3.83. The second kappa shape index (κ2) is 14.7. The van der Waals surface area contributed by atoms with Gasteiger partial charge in [0.15, 0.2) is 6.61 Å². The Balaban J connectivity index is 1.73. The highest BCUT2D eigenvalue weighted by Gasteiger charge is 2.35. The Morgan fingerprint density at radius 1 is 1.09 bits per heavy atom. The number of benzene rings is 1. The van der Waals surface area contributed by atoms with Crippen molar-refractivity contribution in [1.29, 1.82) is 0 Å². The zero-order valence-corrected chi connectivity index (χ0v) is 19.7. The number of piperazine rings is 1. The minimum Gasteiger partial charge on any atom is -0.482 e. The summed E-state index contributed by atoms with van der Waals surface area (Å²) < 4.78 is 10.8. The van der Waals surface area contributed by atoms with Gasteiger partial charge in [0.1, 0.15) is 11.8 Å². The minimum absolute atomic E-state index is 0.166. The first-order valence-electron chi connectivity index (χ1n) is 11.6. The summed E-state index contributed by atoms with van der Waals surface area (Å²) in [6.07, 6.45) is 9.09. The molecule has 0 aliphatic carbocycles. The Morgan fingerprint density at radius 3 is 2.50 bits per heavy atom. The molecule has 1 atom stereocenters. The Labute approximate surface area is 195 Å². The summed E-state index contributed by atoms with van der Waals surface area (Å²) >= 11 is 6.05. The van der Waals surface area contributed by atoms with Gasteiger partial charge in [-0.15, -0.1) is 0 Å². The zero-order chi connectivity index (χ0) is 23.2. The molecule has 32 heavy (non-hydrogen) atoms. The number of halogens is 1. The molecule has 1 aliphatic rings. The molecule has 1 unspecified atom stereocenters. The molecule has 8 heteroatoms. The first-order chi connectivity index (χ1) is 15.5. The third-order valence-corrected chi connectivity index (χ3v) is 5.77. The lowest BCUT2D eigenvalue weighted by Crippen LogP contribution is -2.58. The number of carbonyl (C=O) groups is 3. The molecule has 1 saturated heterocycles. The fraction of sp³-hybridized carbons (Fsp3) is 0.625. The maximum absolute atomic E-state index is 12.7. The number of hydrogen-bond donors (Lipinski definition) is 1. The molecule has 0 radical (unpaired) electrons.